The molecule has 0 fully saturated rings. The average molecular weight is 385 g/mol. The number of aliphatic imine (C=N–C) groups is 1. The molecule has 0 aliphatic carbocycles. The quantitative estimate of drug-likeness (QED) is 0.330. The van der Waals surface area contributed by atoms with Gasteiger partial charge in [0, 0.05) is 25.2 Å². The van der Waals surface area contributed by atoms with Gasteiger partial charge in [0.05, 0.1) is 12.8 Å². The minimum absolute atomic E-state index is 0.120. The number of amides is 1. The van der Waals surface area contributed by atoms with Crippen LogP contribution >= 0.6 is 0 Å². The Morgan fingerprint density at radius 2 is 2.00 bits per heavy atom. The Balaban J connectivity index is 1.83. The molecule has 6 heteroatoms. The van der Waals surface area contributed by atoms with Crippen molar-refractivity contribution in [2.75, 3.05) is 7.05 Å². The molecular weight excluding hydrogens is 352 g/mol. The predicted octanol–water partition coefficient (Wildman–Crippen LogP) is 3.84. The summed E-state index contributed by atoms with van der Waals surface area (Å²) in [5.74, 6) is 1.39. The minimum Gasteiger partial charge on any atom is -0.467 e. The first-order chi connectivity index (χ1) is 13.6. The van der Waals surface area contributed by atoms with Gasteiger partial charge in [-0.2, -0.15) is 0 Å². The van der Waals surface area contributed by atoms with Crippen LogP contribution in [-0.2, 0) is 13.1 Å². The Hall–Kier alpha value is -2.76. The van der Waals surface area contributed by atoms with Gasteiger partial charge in [-0.1, -0.05) is 38.3 Å². The molecule has 3 N–H and O–H groups in total. The second-order valence-electron chi connectivity index (χ2n) is 6.93. The van der Waals surface area contributed by atoms with E-state index in [4.69, 9.17) is 4.42 Å². The predicted molar refractivity (Wildman–Crippen MR) is 113 cm³/mol. The third-order valence-electron chi connectivity index (χ3n) is 4.50. The van der Waals surface area contributed by atoms with Gasteiger partial charge in [0.25, 0.3) is 5.91 Å². The molecule has 1 amide bonds. The highest BCUT2D eigenvalue weighted by Crippen LogP contribution is 2.07. The van der Waals surface area contributed by atoms with Gasteiger partial charge < -0.3 is 20.4 Å². The summed E-state index contributed by atoms with van der Waals surface area (Å²) in [6.07, 6.45) is 6.42. The van der Waals surface area contributed by atoms with Crippen LogP contribution in [0.4, 0.5) is 0 Å². The third-order valence-corrected chi connectivity index (χ3v) is 4.50. The highest BCUT2D eigenvalue weighted by molar-refractivity contribution is 5.94. The molecule has 1 aromatic carbocycles. The molecule has 1 aromatic heterocycles. The van der Waals surface area contributed by atoms with Gasteiger partial charge in [0.15, 0.2) is 5.96 Å². The maximum absolute atomic E-state index is 12.3. The number of nitrogens with zero attached hydrogens (tertiary/aromatic N) is 1. The summed E-state index contributed by atoms with van der Waals surface area (Å²) in [6.45, 7) is 5.36. The Kier molecular flexibility index (Phi) is 9.11. The fourth-order valence-corrected chi connectivity index (χ4v) is 2.89. The largest absolute Gasteiger partial charge is 0.467 e. The zero-order chi connectivity index (χ0) is 20.2. The average Bonchev–Trinajstić information content (AvgIpc) is 3.23. The molecule has 152 valence electrons. The molecule has 1 atom stereocenters. The van der Waals surface area contributed by atoms with Crippen molar-refractivity contribution in [3.63, 3.8) is 0 Å². The minimum atomic E-state index is -0.120. The number of benzene rings is 1. The van der Waals surface area contributed by atoms with Gasteiger partial charge in [0.1, 0.15) is 5.76 Å². The maximum atomic E-state index is 12.3. The van der Waals surface area contributed by atoms with Crippen LogP contribution in [0.2, 0.25) is 0 Å². The van der Waals surface area contributed by atoms with Gasteiger partial charge in [-0.3, -0.25) is 9.79 Å². The van der Waals surface area contributed by atoms with E-state index in [0.29, 0.717) is 24.7 Å². The van der Waals surface area contributed by atoms with Crippen LogP contribution in [0.1, 0.15) is 61.2 Å². The van der Waals surface area contributed by atoms with E-state index in [1.165, 1.54) is 19.3 Å². The number of carbonyl (C=O) groups is 1. The number of guanidine groups is 1. The van der Waals surface area contributed by atoms with Crippen LogP contribution < -0.4 is 16.0 Å². The molecule has 1 unspecified atom stereocenters. The number of carbonyl (C=O) groups excluding carboxylic acids is 1. The molecule has 0 spiro atoms. The number of nitrogens with one attached hydrogen (secondary N) is 3. The lowest BCUT2D eigenvalue weighted by Gasteiger charge is -2.18. The molecule has 2 aromatic rings. The lowest BCUT2D eigenvalue weighted by atomic mass is 10.1. The molecular formula is C22H32N4O2. The number of hydrogen-bond acceptors (Lipinski definition) is 3. The van der Waals surface area contributed by atoms with Gasteiger partial charge in [-0.15, -0.1) is 0 Å². The summed E-state index contributed by atoms with van der Waals surface area (Å²) in [7, 11) is 1.77. The summed E-state index contributed by atoms with van der Waals surface area (Å²) < 4.78 is 5.24. The highest BCUT2D eigenvalue weighted by atomic mass is 16.3. The van der Waals surface area contributed by atoms with Gasteiger partial charge in [0.2, 0.25) is 0 Å². The molecule has 0 radical (unpaired) electrons. The molecule has 1 heterocycles. The van der Waals surface area contributed by atoms with Gasteiger partial charge in [-0.05, 0) is 43.2 Å². The van der Waals surface area contributed by atoms with Crippen LogP contribution in [-0.4, -0.2) is 25.0 Å². The van der Waals surface area contributed by atoms with Crippen LogP contribution in [0.3, 0.4) is 0 Å². The van der Waals surface area contributed by atoms with Crippen molar-refractivity contribution in [1.29, 1.82) is 0 Å². The fourth-order valence-electron chi connectivity index (χ4n) is 2.89. The van der Waals surface area contributed by atoms with Crippen LogP contribution in [0.25, 0.3) is 0 Å². The van der Waals surface area contributed by atoms with E-state index in [1.807, 2.05) is 30.3 Å². The lowest BCUT2D eigenvalue weighted by Crippen LogP contribution is -2.41. The third kappa shape index (κ3) is 7.47. The molecule has 0 aliphatic heterocycles. The van der Waals surface area contributed by atoms with E-state index in [1.54, 1.807) is 19.4 Å². The van der Waals surface area contributed by atoms with Crippen molar-refractivity contribution >= 4 is 11.9 Å². The molecule has 2 rings (SSSR count). The SMILES string of the molecule is CCCCCC(C)NC(=NC)NCc1cccc(C(=O)NCc2ccco2)c1. The van der Waals surface area contributed by atoms with E-state index in [9.17, 15) is 4.79 Å². The highest BCUT2D eigenvalue weighted by Gasteiger charge is 2.08. The van der Waals surface area contributed by atoms with Gasteiger partial charge >= 0.3 is 0 Å². The van der Waals surface area contributed by atoms with Crippen LogP contribution in [0.15, 0.2) is 52.1 Å². The standard InChI is InChI=1S/C22H32N4O2/c1-4-5-6-9-17(2)26-22(23-3)25-15-18-10-7-11-19(14-18)21(27)24-16-20-12-8-13-28-20/h7-8,10-14,17H,4-6,9,15-16H2,1-3H3,(H,24,27)(H2,23,25,26). The van der Waals surface area contributed by atoms with E-state index in [0.717, 1.165) is 23.7 Å². The molecule has 0 bridgehead atoms. The zero-order valence-electron chi connectivity index (χ0n) is 17.1. The monoisotopic (exact) mass is 384 g/mol. The van der Waals surface area contributed by atoms with E-state index >= 15 is 0 Å². The van der Waals surface area contributed by atoms with E-state index in [2.05, 4.69) is 34.8 Å². The first kappa shape index (κ1) is 21.5. The van der Waals surface area contributed by atoms with Gasteiger partial charge in [-0.25, -0.2) is 0 Å². The lowest BCUT2D eigenvalue weighted by molar-refractivity contribution is 0.0948. The van der Waals surface area contributed by atoms with Crippen LogP contribution in [0.5, 0.6) is 0 Å². The normalized spacial score (nSPS) is 12.5. The Morgan fingerprint density at radius 3 is 2.71 bits per heavy atom. The molecule has 6 nitrogen and oxygen atoms in total. The number of rotatable bonds is 10. The first-order valence-electron chi connectivity index (χ1n) is 9.99. The van der Waals surface area contributed by atoms with E-state index < -0.39 is 0 Å². The summed E-state index contributed by atoms with van der Waals surface area (Å²) in [5, 5.41) is 9.60. The van der Waals surface area contributed by atoms with Crippen molar-refractivity contribution in [3.05, 3.63) is 59.5 Å². The van der Waals surface area contributed by atoms with Crippen molar-refractivity contribution in [3.8, 4) is 0 Å². The molecule has 28 heavy (non-hydrogen) atoms. The Morgan fingerprint density at radius 1 is 1.14 bits per heavy atom. The van der Waals surface area contributed by atoms with Crippen molar-refractivity contribution in [2.45, 2.75) is 58.7 Å². The topological polar surface area (TPSA) is 78.7 Å². The number of hydrogen-bond donors (Lipinski definition) is 3. The summed E-state index contributed by atoms with van der Waals surface area (Å²) >= 11 is 0. The second kappa shape index (κ2) is 11.8. The second-order valence-corrected chi connectivity index (χ2v) is 6.93. The summed E-state index contributed by atoms with van der Waals surface area (Å²) in [5.41, 5.74) is 1.65. The van der Waals surface area contributed by atoms with Crippen LogP contribution in [0, 0.1) is 0 Å². The number of unbranched alkanes of at least 4 members (excludes halogenated alkanes) is 2. The van der Waals surface area contributed by atoms with Crippen molar-refractivity contribution in [2.24, 2.45) is 4.99 Å². The Labute approximate surface area is 167 Å². The van der Waals surface area contributed by atoms with E-state index in [-0.39, 0.29) is 5.91 Å². The first-order valence-corrected chi connectivity index (χ1v) is 9.99. The van der Waals surface area contributed by atoms with Crippen molar-refractivity contribution < 1.29 is 9.21 Å². The molecule has 0 saturated carbocycles. The summed E-state index contributed by atoms with van der Waals surface area (Å²) in [6, 6.07) is 11.6. The zero-order valence-corrected chi connectivity index (χ0v) is 17.1. The molecule has 0 aliphatic rings. The maximum Gasteiger partial charge on any atom is 0.251 e. The van der Waals surface area contributed by atoms with Crippen molar-refractivity contribution in [1.82, 2.24) is 16.0 Å². The number of furan rings is 1. The Bertz CT molecular complexity index is 741. The smallest absolute Gasteiger partial charge is 0.251 e. The molecule has 0 saturated heterocycles. The summed E-state index contributed by atoms with van der Waals surface area (Å²) in [4.78, 5) is 16.6. The fraction of sp³-hybridized carbons (Fsp3) is 0.455.